The predicted octanol–water partition coefficient (Wildman–Crippen LogP) is 4.14. The van der Waals surface area contributed by atoms with Crippen LogP contribution >= 0.6 is 0 Å². The summed E-state index contributed by atoms with van der Waals surface area (Å²) in [7, 11) is 0. The summed E-state index contributed by atoms with van der Waals surface area (Å²) in [6.45, 7) is 9.73. The van der Waals surface area contributed by atoms with Crippen molar-refractivity contribution in [2.75, 3.05) is 6.61 Å². The second kappa shape index (κ2) is 9.21. The quantitative estimate of drug-likeness (QED) is 0.400. The van der Waals surface area contributed by atoms with Crippen LogP contribution in [-0.4, -0.2) is 49.1 Å². The average molecular weight is 518 g/mol. The molecular formula is C29H43NO7. The summed E-state index contributed by atoms with van der Waals surface area (Å²) in [5, 5.41) is 41.7. The lowest BCUT2D eigenvalue weighted by molar-refractivity contribution is -0.163. The molecule has 5 rings (SSSR count). The highest BCUT2D eigenvalue weighted by Gasteiger charge is 2.64. The third-order valence-corrected chi connectivity index (χ3v) is 10.4. The van der Waals surface area contributed by atoms with Crippen molar-refractivity contribution < 1.29 is 34.8 Å². The molecule has 1 aromatic heterocycles. The Balaban J connectivity index is 1.56. The Hall–Kier alpha value is -2.22. The maximum absolute atomic E-state index is 13.3. The minimum Gasteiger partial charge on any atom is -0.494 e. The Morgan fingerprint density at radius 1 is 0.973 bits per heavy atom. The SMILES string of the molecule is CCc1c(C2C3CC(C(=O)OC(C)(C)C)C(C3)C2C2C3CC(C(=O)O)C(C3)C2C)c(O)n(CCO)c1O. The van der Waals surface area contributed by atoms with Gasteiger partial charge < -0.3 is 25.2 Å². The number of esters is 1. The molecule has 4 fully saturated rings. The fourth-order valence-corrected chi connectivity index (χ4v) is 9.36. The fraction of sp³-hybridized carbons (Fsp3) is 0.793. The normalized spacial score (nSPS) is 38.4. The number of carbonyl (C=O) groups is 2. The zero-order chi connectivity index (χ0) is 27.0. The molecule has 1 heterocycles. The molecule has 37 heavy (non-hydrogen) atoms. The molecule has 4 aliphatic rings. The molecule has 0 aromatic carbocycles. The van der Waals surface area contributed by atoms with Crippen LogP contribution in [0.15, 0.2) is 0 Å². The van der Waals surface area contributed by atoms with E-state index in [0.717, 1.165) is 24.0 Å². The number of fused-ring (bicyclic) bond motifs is 4. The number of carbonyl (C=O) groups excluding carboxylic acids is 1. The van der Waals surface area contributed by atoms with E-state index in [1.807, 2.05) is 27.7 Å². The highest BCUT2D eigenvalue weighted by atomic mass is 16.6. The molecule has 8 heteroatoms. The van der Waals surface area contributed by atoms with Crippen LogP contribution in [0, 0.1) is 53.3 Å². The maximum Gasteiger partial charge on any atom is 0.309 e. The largest absolute Gasteiger partial charge is 0.494 e. The maximum atomic E-state index is 13.3. The zero-order valence-electron chi connectivity index (χ0n) is 22.7. The Morgan fingerprint density at radius 2 is 1.62 bits per heavy atom. The molecule has 10 unspecified atom stereocenters. The second-order valence-electron chi connectivity index (χ2n) is 13.2. The van der Waals surface area contributed by atoms with Crippen LogP contribution in [0.2, 0.25) is 0 Å². The molecule has 10 atom stereocenters. The molecule has 4 N–H and O–H groups in total. The van der Waals surface area contributed by atoms with E-state index in [-0.39, 0.29) is 90.1 Å². The number of aliphatic carboxylic acids is 1. The fourth-order valence-electron chi connectivity index (χ4n) is 9.36. The van der Waals surface area contributed by atoms with Crippen molar-refractivity contribution in [1.82, 2.24) is 4.57 Å². The standard InChI is InChI=1S/C29H43NO7/c1-6-16-24(26(33)30(7-8-31)25(16)32)22-15-10-18(20(12-15)28(36)37-29(3,4)5)23(22)21-13(2)17-9-14(21)11-19(17)27(34)35/h13-15,17-23,31-33H,6-12H2,1-5H3,(H,34,35). The molecule has 0 amide bonds. The lowest BCUT2D eigenvalue weighted by Crippen LogP contribution is -2.43. The lowest BCUT2D eigenvalue weighted by Gasteiger charge is -2.45. The van der Waals surface area contributed by atoms with E-state index in [1.54, 1.807) is 0 Å². The van der Waals surface area contributed by atoms with Gasteiger partial charge >= 0.3 is 11.9 Å². The molecule has 206 valence electrons. The summed E-state index contributed by atoms with van der Waals surface area (Å²) in [5.41, 5.74) is 0.934. The van der Waals surface area contributed by atoms with Crippen molar-refractivity contribution in [3.63, 3.8) is 0 Å². The van der Waals surface area contributed by atoms with Gasteiger partial charge in [0.15, 0.2) is 11.8 Å². The van der Waals surface area contributed by atoms with Crippen molar-refractivity contribution in [3.05, 3.63) is 11.1 Å². The molecule has 0 spiro atoms. The zero-order valence-corrected chi connectivity index (χ0v) is 22.7. The molecule has 8 nitrogen and oxygen atoms in total. The van der Waals surface area contributed by atoms with E-state index in [4.69, 9.17) is 4.74 Å². The van der Waals surface area contributed by atoms with E-state index in [1.165, 1.54) is 4.57 Å². The minimum atomic E-state index is -0.703. The van der Waals surface area contributed by atoms with Crippen LogP contribution in [-0.2, 0) is 27.3 Å². The average Bonchev–Trinajstić information content (AvgIpc) is 3.60. The molecule has 4 bridgehead atoms. The summed E-state index contributed by atoms with van der Waals surface area (Å²) in [4.78, 5) is 25.3. The van der Waals surface area contributed by atoms with E-state index in [0.29, 0.717) is 19.3 Å². The van der Waals surface area contributed by atoms with Gasteiger partial charge in [-0.2, -0.15) is 0 Å². The summed E-state index contributed by atoms with van der Waals surface area (Å²) in [5.74, 6) is -0.0414. The van der Waals surface area contributed by atoms with Crippen LogP contribution in [0.4, 0.5) is 0 Å². The molecule has 0 radical (unpaired) electrons. The number of ether oxygens (including phenoxy) is 1. The van der Waals surface area contributed by atoms with Crippen molar-refractivity contribution in [1.29, 1.82) is 0 Å². The van der Waals surface area contributed by atoms with E-state index in [2.05, 4.69) is 6.92 Å². The van der Waals surface area contributed by atoms with Gasteiger partial charge in [-0.3, -0.25) is 14.2 Å². The number of hydrogen-bond donors (Lipinski definition) is 4. The number of carboxylic acid groups (broad SMARTS) is 1. The number of rotatable bonds is 7. The third kappa shape index (κ3) is 4.05. The minimum absolute atomic E-state index is 0.0143. The van der Waals surface area contributed by atoms with Crippen LogP contribution in [0.3, 0.4) is 0 Å². The molecule has 4 saturated carbocycles. The molecule has 0 saturated heterocycles. The molecule has 4 aliphatic carbocycles. The smallest absolute Gasteiger partial charge is 0.309 e. The Labute approximate surface area is 219 Å². The van der Waals surface area contributed by atoms with Gasteiger partial charge in [0.25, 0.3) is 0 Å². The van der Waals surface area contributed by atoms with E-state index in [9.17, 15) is 30.0 Å². The first kappa shape index (κ1) is 26.4. The van der Waals surface area contributed by atoms with E-state index >= 15 is 0 Å². The first-order valence-electron chi connectivity index (χ1n) is 14.1. The Kier molecular flexibility index (Phi) is 6.57. The van der Waals surface area contributed by atoms with Crippen LogP contribution in [0.25, 0.3) is 0 Å². The molecular weight excluding hydrogens is 474 g/mol. The number of aliphatic hydroxyl groups excluding tert-OH is 1. The second-order valence-corrected chi connectivity index (χ2v) is 13.2. The predicted molar refractivity (Wildman–Crippen MR) is 136 cm³/mol. The van der Waals surface area contributed by atoms with E-state index < -0.39 is 11.6 Å². The topological polar surface area (TPSA) is 129 Å². The van der Waals surface area contributed by atoms with Gasteiger partial charge in [0.2, 0.25) is 0 Å². The number of nitrogens with zero attached hydrogens (tertiary/aromatic N) is 1. The first-order chi connectivity index (χ1) is 17.4. The Bertz CT molecular complexity index is 1070. The highest BCUT2D eigenvalue weighted by molar-refractivity contribution is 5.74. The highest BCUT2D eigenvalue weighted by Crippen LogP contribution is 2.69. The van der Waals surface area contributed by atoms with Gasteiger partial charge in [0.1, 0.15) is 5.60 Å². The molecule has 0 aliphatic heterocycles. The van der Waals surface area contributed by atoms with Crippen LogP contribution in [0.5, 0.6) is 11.8 Å². The first-order valence-corrected chi connectivity index (χ1v) is 14.1. The van der Waals surface area contributed by atoms with Gasteiger partial charge in [-0.05, 0) is 100 Å². The Morgan fingerprint density at radius 3 is 2.19 bits per heavy atom. The molecule has 1 aromatic rings. The van der Waals surface area contributed by atoms with Gasteiger partial charge in [-0.15, -0.1) is 0 Å². The number of carboxylic acids is 1. The number of aromatic nitrogens is 1. The summed E-state index contributed by atoms with van der Waals surface area (Å²) in [6.07, 6.45) is 3.70. The number of aliphatic hydroxyl groups is 1. The van der Waals surface area contributed by atoms with Crippen LogP contribution in [0.1, 0.15) is 77.3 Å². The van der Waals surface area contributed by atoms with Gasteiger partial charge in [0.05, 0.1) is 25.0 Å². The monoisotopic (exact) mass is 517 g/mol. The van der Waals surface area contributed by atoms with Gasteiger partial charge in [0, 0.05) is 11.1 Å². The van der Waals surface area contributed by atoms with Crippen LogP contribution < -0.4 is 0 Å². The van der Waals surface area contributed by atoms with Gasteiger partial charge in [-0.1, -0.05) is 13.8 Å². The summed E-state index contributed by atoms with van der Waals surface area (Å²) in [6, 6.07) is 0. The van der Waals surface area contributed by atoms with Gasteiger partial charge in [-0.25, -0.2) is 0 Å². The third-order valence-electron chi connectivity index (χ3n) is 10.4. The van der Waals surface area contributed by atoms with Crippen molar-refractivity contribution in [3.8, 4) is 11.8 Å². The summed E-state index contributed by atoms with van der Waals surface area (Å²) < 4.78 is 7.26. The number of aromatic hydroxyl groups is 2. The van der Waals surface area contributed by atoms with Crippen molar-refractivity contribution >= 4 is 11.9 Å². The lowest BCUT2D eigenvalue weighted by atomic mass is 9.59. The van der Waals surface area contributed by atoms with Crippen molar-refractivity contribution in [2.24, 2.45) is 53.3 Å². The van der Waals surface area contributed by atoms with Crippen molar-refractivity contribution in [2.45, 2.75) is 84.8 Å². The number of hydrogen-bond acceptors (Lipinski definition) is 6. The summed E-state index contributed by atoms with van der Waals surface area (Å²) >= 11 is 0.